The molecule has 0 amide bonds. The fraction of sp³-hybridized carbons (Fsp3) is 0.667. The maximum atomic E-state index is 9.37. The summed E-state index contributed by atoms with van der Waals surface area (Å²) in [6.45, 7) is 1.60. The molecule has 0 aromatic rings. The molecule has 5 heteroatoms. The molecule has 0 bridgehead atoms. The van der Waals surface area contributed by atoms with Gasteiger partial charge in [0.05, 0.1) is 0 Å². The SMILES string of the molecule is CCC(=O)O.Cl.[O]=[Hf]. The van der Waals surface area contributed by atoms with Crippen LogP contribution in [0.1, 0.15) is 13.3 Å². The average Bonchev–Trinajstić information content (AvgIpc) is 1.73. The van der Waals surface area contributed by atoms with E-state index < -0.39 is 5.97 Å². The van der Waals surface area contributed by atoms with Gasteiger partial charge in [0.2, 0.25) is 0 Å². The number of hydrogen-bond donors (Lipinski definition) is 1. The van der Waals surface area contributed by atoms with E-state index in [1.807, 2.05) is 0 Å². The van der Waals surface area contributed by atoms with E-state index in [2.05, 4.69) is 0 Å². The molecule has 48 valence electrons. The summed E-state index contributed by atoms with van der Waals surface area (Å²) in [5.74, 6) is -0.745. The van der Waals surface area contributed by atoms with Crippen molar-refractivity contribution in [2.75, 3.05) is 0 Å². The Balaban J connectivity index is -0.0000000750. The molecule has 0 aromatic heterocycles. The van der Waals surface area contributed by atoms with Gasteiger partial charge in [0.25, 0.3) is 0 Å². The van der Waals surface area contributed by atoms with Crippen LogP contribution in [0.2, 0.25) is 0 Å². The molecule has 0 rings (SSSR count). The van der Waals surface area contributed by atoms with E-state index in [0.717, 1.165) is 0 Å². The monoisotopic (exact) mass is 306 g/mol. The molecular weight excluding hydrogens is 298 g/mol. The van der Waals surface area contributed by atoms with E-state index in [9.17, 15) is 4.79 Å². The minimum atomic E-state index is -0.745. The van der Waals surface area contributed by atoms with Gasteiger partial charge in [0.15, 0.2) is 0 Å². The van der Waals surface area contributed by atoms with Crippen molar-refractivity contribution in [1.82, 2.24) is 0 Å². The van der Waals surface area contributed by atoms with Gasteiger partial charge in [-0.2, -0.15) is 0 Å². The number of carboxylic acid groups (broad SMARTS) is 1. The normalized spacial score (nSPS) is 5.00. The fourth-order valence-electron chi connectivity index (χ4n) is 0. The number of hydrogen-bond acceptors (Lipinski definition) is 2. The summed E-state index contributed by atoms with van der Waals surface area (Å²) in [6, 6.07) is 0. The van der Waals surface area contributed by atoms with Gasteiger partial charge in [0, 0.05) is 6.42 Å². The van der Waals surface area contributed by atoms with Gasteiger partial charge >= 0.3 is 33.2 Å². The minimum absolute atomic E-state index is 0. The van der Waals surface area contributed by atoms with Crippen molar-refractivity contribution in [1.29, 1.82) is 0 Å². The van der Waals surface area contributed by atoms with Gasteiger partial charge in [0.1, 0.15) is 0 Å². The van der Waals surface area contributed by atoms with Crippen LogP contribution in [-0.4, -0.2) is 11.1 Å². The van der Waals surface area contributed by atoms with E-state index in [1.165, 1.54) is 0 Å². The van der Waals surface area contributed by atoms with Crippen LogP contribution in [0.4, 0.5) is 0 Å². The van der Waals surface area contributed by atoms with Gasteiger partial charge in [-0.15, -0.1) is 12.4 Å². The van der Waals surface area contributed by atoms with Crippen molar-refractivity contribution in [2.45, 2.75) is 13.3 Å². The molecule has 0 spiro atoms. The van der Waals surface area contributed by atoms with E-state index in [4.69, 9.17) is 7.96 Å². The van der Waals surface area contributed by atoms with Crippen molar-refractivity contribution < 1.29 is 37.1 Å². The Morgan fingerprint density at radius 3 is 1.75 bits per heavy atom. The van der Waals surface area contributed by atoms with Gasteiger partial charge in [-0.1, -0.05) is 6.92 Å². The molecule has 0 radical (unpaired) electrons. The first kappa shape index (κ1) is 15.8. The zero-order chi connectivity index (χ0) is 6.28. The summed E-state index contributed by atoms with van der Waals surface area (Å²) >= 11 is 0.0556. The van der Waals surface area contributed by atoms with Gasteiger partial charge in [-0.05, 0) is 0 Å². The zero-order valence-electron chi connectivity index (χ0n) is 4.38. The Kier molecular flexibility index (Phi) is 30.9. The summed E-state index contributed by atoms with van der Waals surface area (Å²) in [5.41, 5.74) is 0. The zero-order valence-corrected chi connectivity index (χ0v) is 8.79. The molecule has 8 heavy (non-hydrogen) atoms. The van der Waals surface area contributed by atoms with Gasteiger partial charge in [-0.3, -0.25) is 4.79 Å². The van der Waals surface area contributed by atoms with Crippen molar-refractivity contribution in [2.24, 2.45) is 0 Å². The molecule has 3 nitrogen and oxygen atoms in total. The van der Waals surface area contributed by atoms with Crippen LogP contribution in [0.5, 0.6) is 0 Å². The molecule has 0 saturated heterocycles. The van der Waals surface area contributed by atoms with Crippen molar-refractivity contribution in [3.05, 3.63) is 0 Å². The molecule has 0 aromatic carbocycles. The number of aliphatic carboxylic acids is 1. The summed E-state index contributed by atoms with van der Waals surface area (Å²) < 4.78 is 8.39. The van der Waals surface area contributed by atoms with Crippen LogP contribution < -0.4 is 0 Å². The van der Waals surface area contributed by atoms with Crippen LogP contribution in [-0.2, 0) is 32.0 Å². The molecule has 0 unspecified atom stereocenters. The maximum absolute atomic E-state index is 9.37. The molecule has 0 atom stereocenters. The third kappa shape index (κ3) is 32.1. The summed E-state index contributed by atoms with van der Waals surface area (Å²) in [4.78, 5) is 9.37. The fourth-order valence-corrected chi connectivity index (χ4v) is 0. The van der Waals surface area contributed by atoms with E-state index in [1.54, 1.807) is 6.92 Å². The Morgan fingerprint density at radius 1 is 1.62 bits per heavy atom. The summed E-state index contributed by atoms with van der Waals surface area (Å²) in [5, 5.41) is 7.72. The second-order valence-corrected chi connectivity index (χ2v) is 0.747. The number of halogens is 1. The molecule has 0 saturated carbocycles. The van der Waals surface area contributed by atoms with Crippen molar-refractivity contribution in [3.8, 4) is 0 Å². The van der Waals surface area contributed by atoms with E-state index >= 15 is 0 Å². The van der Waals surface area contributed by atoms with Crippen molar-refractivity contribution in [3.63, 3.8) is 0 Å². The van der Waals surface area contributed by atoms with Crippen LogP contribution >= 0.6 is 12.4 Å². The summed E-state index contributed by atoms with van der Waals surface area (Å²) in [7, 11) is 0. The first-order chi connectivity index (χ1) is 3.27. The van der Waals surface area contributed by atoms with E-state index in [-0.39, 0.29) is 43.2 Å². The molecule has 0 fully saturated rings. The van der Waals surface area contributed by atoms with Crippen molar-refractivity contribution >= 4 is 18.4 Å². The predicted octanol–water partition coefficient (Wildman–Crippen LogP) is 0.781. The second-order valence-electron chi connectivity index (χ2n) is 0.747. The number of carbonyl (C=O) groups is 1. The molecule has 1 N–H and O–H groups in total. The predicted molar refractivity (Wildman–Crippen MR) is 25.9 cm³/mol. The number of rotatable bonds is 1. The van der Waals surface area contributed by atoms with Gasteiger partial charge in [-0.25, -0.2) is 0 Å². The standard InChI is InChI=1S/C3H6O2.ClH.Hf.O/c1-2-3(4)5;;;/h2H2,1H3,(H,4,5);1H;;. The van der Waals surface area contributed by atoms with Crippen LogP contribution in [0.15, 0.2) is 0 Å². The third-order valence-electron chi connectivity index (χ3n) is 0.302. The molecule has 0 aliphatic rings. The first-order valence-corrected chi connectivity index (χ1v) is 3.16. The molecular formula is C3H7ClHfO3. The molecule has 0 aliphatic carbocycles. The Morgan fingerprint density at radius 2 is 1.75 bits per heavy atom. The second kappa shape index (κ2) is 15.7. The first-order valence-electron chi connectivity index (χ1n) is 1.69. The number of carboxylic acids is 1. The quantitative estimate of drug-likeness (QED) is 0.729. The topological polar surface area (TPSA) is 54.4 Å². The average molecular weight is 305 g/mol. The Bertz CT molecular complexity index is 58.5. The summed E-state index contributed by atoms with van der Waals surface area (Å²) in [6.07, 6.45) is 0.222. The van der Waals surface area contributed by atoms with Crippen LogP contribution in [0.25, 0.3) is 0 Å². The Labute approximate surface area is 68.9 Å². The van der Waals surface area contributed by atoms with Crippen LogP contribution in [0.3, 0.4) is 0 Å². The van der Waals surface area contributed by atoms with E-state index in [0.29, 0.717) is 0 Å². The van der Waals surface area contributed by atoms with Crippen LogP contribution in [0, 0.1) is 0 Å². The Hall–Kier alpha value is 0.430. The third-order valence-corrected chi connectivity index (χ3v) is 0.302. The molecule has 0 heterocycles. The molecule has 0 aliphatic heterocycles. The van der Waals surface area contributed by atoms with Gasteiger partial charge < -0.3 is 5.11 Å².